The van der Waals surface area contributed by atoms with E-state index in [4.69, 9.17) is 4.74 Å². The van der Waals surface area contributed by atoms with Crippen LogP contribution in [0.15, 0.2) is 0 Å². The molecule has 0 bridgehead atoms. The predicted octanol–water partition coefficient (Wildman–Crippen LogP) is 2.66. The zero-order chi connectivity index (χ0) is 13.5. The van der Waals surface area contributed by atoms with Gasteiger partial charge in [0.1, 0.15) is 0 Å². The molecule has 1 saturated heterocycles. The minimum absolute atomic E-state index is 0.664. The Kier molecular flexibility index (Phi) is 6.62. The van der Waals surface area contributed by atoms with Crippen molar-refractivity contribution in [2.24, 2.45) is 5.92 Å². The van der Waals surface area contributed by atoms with Crippen molar-refractivity contribution in [1.82, 2.24) is 10.2 Å². The predicted molar refractivity (Wildman–Crippen MR) is 80.5 cm³/mol. The molecule has 112 valence electrons. The summed E-state index contributed by atoms with van der Waals surface area (Å²) < 4.78 is 5.60. The molecule has 2 rings (SSSR count). The standard InChI is InChI=1S/C16H32N2O/c1-3-9-17-16-7-5-6-14(16)8-10-18-11-12-19-13-15(18)4-2/h14-17H,3-13H2,1-2H3. The molecule has 3 atom stereocenters. The van der Waals surface area contributed by atoms with E-state index in [9.17, 15) is 0 Å². The van der Waals surface area contributed by atoms with Crippen LogP contribution in [0.5, 0.6) is 0 Å². The van der Waals surface area contributed by atoms with Crippen LogP contribution in [0.2, 0.25) is 0 Å². The van der Waals surface area contributed by atoms with E-state index in [0.717, 1.165) is 31.7 Å². The number of hydrogen-bond acceptors (Lipinski definition) is 3. The molecule has 0 spiro atoms. The zero-order valence-corrected chi connectivity index (χ0v) is 12.9. The highest BCUT2D eigenvalue weighted by Crippen LogP contribution is 2.29. The summed E-state index contributed by atoms with van der Waals surface area (Å²) in [6.07, 6.45) is 8.10. The van der Waals surface area contributed by atoms with Gasteiger partial charge in [-0.3, -0.25) is 4.90 Å². The maximum Gasteiger partial charge on any atom is 0.0622 e. The summed E-state index contributed by atoms with van der Waals surface area (Å²) in [5.74, 6) is 0.909. The molecule has 1 saturated carbocycles. The van der Waals surface area contributed by atoms with E-state index in [1.807, 2.05) is 0 Å². The highest BCUT2D eigenvalue weighted by Gasteiger charge is 2.28. The van der Waals surface area contributed by atoms with Gasteiger partial charge in [0.2, 0.25) is 0 Å². The van der Waals surface area contributed by atoms with Crippen LogP contribution >= 0.6 is 0 Å². The molecular weight excluding hydrogens is 236 g/mol. The summed E-state index contributed by atoms with van der Waals surface area (Å²) in [6.45, 7) is 10.0. The fourth-order valence-electron chi connectivity index (χ4n) is 3.67. The quantitative estimate of drug-likeness (QED) is 0.768. The molecule has 3 heteroatoms. The van der Waals surface area contributed by atoms with E-state index in [1.54, 1.807) is 0 Å². The van der Waals surface area contributed by atoms with Gasteiger partial charge in [-0.2, -0.15) is 0 Å². The lowest BCUT2D eigenvalue weighted by atomic mass is 9.98. The number of ether oxygens (including phenoxy) is 1. The first-order valence-electron chi connectivity index (χ1n) is 8.40. The Bertz CT molecular complexity index is 247. The van der Waals surface area contributed by atoms with Gasteiger partial charge in [-0.1, -0.05) is 20.3 Å². The topological polar surface area (TPSA) is 24.5 Å². The summed E-state index contributed by atoms with van der Waals surface area (Å²) in [6, 6.07) is 1.46. The second-order valence-electron chi connectivity index (χ2n) is 6.21. The third kappa shape index (κ3) is 4.44. The maximum absolute atomic E-state index is 5.60. The molecule has 0 radical (unpaired) electrons. The fraction of sp³-hybridized carbons (Fsp3) is 1.00. The first-order valence-corrected chi connectivity index (χ1v) is 8.40. The van der Waals surface area contributed by atoms with Crippen molar-refractivity contribution in [3.63, 3.8) is 0 Å². The van der Waals surface area contributed by atoms with E-state index in [-0.39, 0.29) is 0 Å². The Hall–Kier alpha value is -0.120. The zero-order valence-electron chi connectivity index (χ0n) is 12.9. The van der Waals surface area contributed by atoms with Gasteiger partial charge >= 0.3 is 0 Å². The van der Waals surface area contributed by atoms with Gasteiger partial charge in [0.05, 0.1) is 13.2 Å². The number of nitrogens with zero attached hydrogens (tertiary/aromatic N) is 1. The van der Waals surface area contributed by atoms with Gasteiger partial charge in [-0.05, 0) is 51.1 Å². The first kappa shape index (κ1) is 15.3. The molecule has 0 aromatic carbocycles. The third-order valence-electron chi connectivity index (χ3n) is 4.92. The smallest absolute Gasteiger partial charge is 0.0622 e. The van der Waals surface area contributed by atoms with Crippen LogP contribution in [0.3, 0.4) is 0 Å². The molecular formula is C16H32N2O. The van der Waals surface area contributed by atoms with Crippen LogP contribution in [0.1, 0.15) is 52.4 Å². The molecule has 0 amide bonds. The van der Waals surface area contributed by atoms with E-state index >= 15 is 0 Å². The average Bonchev–Trinajstić information content (AvgIpc) is 2.90. The average molecular weight is 268 g/mol. The summed E-state index contributed by atoms with van der Waals surface area (Å²) >= 11 is 0. The minimum atomic E-state index is 0.664. The van der Waals surface area contributed by atoms with Crippen molar-refractivity contribution >= 4 is 0 Å². The van der Waals surface area contributed by atoms with E-state index < -0.39 is 0 Å². The highest BCUT2D eigenvalue weighted by molar-refractivity contribution is 4.84. The van der Waals surface area contributed by atoms with Crippen LogP contribution in [0, 0.1) is 5.92 Å². The molecule has 3 nitrogen and oxygen atoms in total. The van der Waals surface area contributed by atoms with E-state index in [1.165, 1.54) is 51.6 Å². The Morgan fingerprint density at radius 3 is 2.95 bits per heavy atom. The van der Waals surface area contributed by atoms with Crippen LogP contribution < -0.4 is 5.32 Å². The first-order chi connectivity index (χ1) is 9.35. The SMILES string of the molecule is CCCNC1CCCC1CCN1CCOCC1CC. The van der Waals surface area contributed by atoms with Crippen molar-refractivity contribution in [3.8, 4) is 0 Å². The van der Waals surface area contributed by atoms with Crippen molar-refractivity contribution < 1.29 is 4.74 Å². The number of nitrogens with one attached hydrogen (secondary N) is 1. The molecule has 0 aromatic rings. The summed E-state index contributed by atoms with van der Waals surface area (Å²) in [5.41, 5.74) is 0. The van der Waals surface area contributed by atoms with Crippen LogP contribution in [-0.2, 0) is 4.74 Å². The molecule has 1 aliphatic carbocycles. The third-order valence-corrected chi connectivity index (χ3v) is 4.92. The minimum Gasteiger partial charge on any atom is -0.378 e. The van der Waals surface area contributed by atoms with Crippen molar-refractivity contribution in [1.29, 1.82) is 0 Å². The lowest BCUT2D eigenvalue weighted by molar-refractivity contribution is -0.0110. The van der Waals surface area contributed by atoms with Gasteiger partial charge in [0.25, 0.3) is 0 Å². The van der Waals surface area contributed by atoms with Crippen LogP contribution in [0.4, 0.5) is 0 Å². The lowest BCUT2D eigenvalue weighted by Crippen LogP contribution is -2.46. The molecule has 1 heterocycles. The van der Waals surface area contributed by atoms with Crippen molar-refractivity contribution in [2.45, 2.75) is 64.5 Å². The van der Waals surface area contributed by atoms with E-state index in [2.05, 4.69) is 24.1 Å². The van der Waals surface area contributed by atoms with Gasteiger partial charge in [0.15, 0.2) is 0 Å². The Morgan fingerprint density at radius 1 is 1.26 bits per heavy atom. The van der Waals surface area contributed by atoms with Crippen molar-refractivity contribution in [2.75, 3.05) is 32.8 Å². The molecule has 2 aliphatic rings. The Morgan fingerprint density at radius 2 is 2.16 bits per heavy atom. The molecule has 0 aromatic heterocycles. The monoisotopic (exact) mass is 268 g/mol. The van der Waals surface area contributed by atoms with Gasteiger partial charge in [-0.25, -0.2) is 0 Å². The molecule has 1 N–H and O–H groups in total. The van der Waals surface area contributed by atoms with Gasteiger partial charge < -0.3 is 10.1 Å². The molecule has 2 fully saturated rings. The summed E-state index contributed by atoms with van der Waals surface area (Å²) in [5, 5.41) is 3.75. The summed E-state index contributed by atoms with van der Waals surface area (Å²) in [7, 11) is 0. The van der Waals surface area contributed by atoms with E-state index in [0.29, 0.717) is 6.04 Å². The fourth-order valence-corrected chi connectivity index (χ4v) is 3.67. The second-order valence-corrected chi connectivity index (χ2v) is 6.21. The Labute approximate surface area is 119 Å². The van der Waals surface area contributed by atoms with Crippen molar-refractivity contribution in [3.05, 3.63) is 0 Å². The Balaban J connectivity index is 1.73. The second kappa shape index (κ2) is 8.23. The summed E-state index contributed by atoms with van der Waals surface area (Å²) in [4.78, 5) is 2.67. The largest absolute Gasteiger partial charge is 0.378 e. The normalized spacial score (nSPS) is 32.8. The number of hydrogen-bond donors (Lipinski definition) is 1. The molecule has 3 unspecified atom stereocenters. The number of rotatable bonds is 7. The highest BCUT2D eigenvalue weighted by atomic mass is 16.5. The van der Waals surface area contributed by atoms with Gasteiger partial charge in [0, 0.05) is 18.6 Å². The maximum atomic E-state index is 5.60. The van der Waals surface area contributed by atoms with Crippen LogP contribution in [0.25, 0.3) is 0 Å². The lowest BCUT2D eigenvalue weighted by Gasteiger charge is -2.36. The molecule has 1 aliphatic heterocycles. The molecule has 19 heavy (non-hydrogen) atoms. The number of morpholine rings is 1. The van der Waals surface area contributed by atoms with Crippen LogP contribution in [-0.4, -0.2) is 49.8 Å². The van der Waals surface area contributed by atoms with Gasteiger partial charge in [-0.15, -0.1) is 0 Å².